The minimum atomic E-state index is -10.7. The summed E-state index contributed by atoms with van der Waals surface area (Å²) in [6.45, 7) is 9.11. The van der Waals surface area contributed by atoms with E-state index in [0.29, 0.717) is 0 Å². The SMILES string of the molecule is CC(C)Cc1ccc([I+]c2ccc(CC(C)C)cc2)cc1.F[P-](F)(F)(F)(F)F. The standard InChI is InChI=1S/C20H26I.F6P/c1-15(2)13-17-5-9-19(10-6-17)21-20-11-7-18(8-12-20)14-16(3)4;1-7(2,3,4,5)6/h5-12,15-16H,13-14H2,1-4H3;/q+1;-1. The van der Waals surface area contributed by atoms with Crippen molar-refractivity contribution in [2.75, 3.05) is 0 Å². The molecule has 2 rings (SSSR count). The quantitative estimate of drug-likeness (QED) is 0.256. The molecule has 160 valence electrons. The molecule has 2 aromatic rings. The van der Waals surface area contributed by atoms with Gasteiger partial charge in [0.15, 0.2) is 7.14 Å². The Morgan fingerprint density at radius 3 is 1.07 bits per heavy atom. The molecule has 28 heavy (non-hydrogen) atoms. The van der Waals surface area contributed by atoms with Gasteiger partial charge in [-0.25, -0.2) is 0 Å². The summed E-state index contributed by atoms with van der Waals surface area (Å²) in [4.78, 5) is 0. The van der Waals surface area contributed by atoms with Gasteiger partial charge >= 0.3 is 54.2 Å². The van der Waals surface area contributed by atoms with E-state index in [-0.39, 0.29) is 21.2 Å². The average Bonchev–Trinajstić information content (AvgIpc) is 2.47. The molecule has 0 aliphatic rings. The van der Waals surface area contributed by atoms with Crippen LogP contribution in [-0.2, 0) is 12.8 Å². The van der Waals surface area contributed by atoms with E-state index in [2.05, 4.69) is 76.2 Å². The second kappa shape index (κ2) is 8.90. The summed E-state index contributed by atoms with van der Waals surface area (Å²) in [5.74, 6) is 1.47. The first-order valence-corrected chi connectivity index (χ1v) is 13.1. The van der Waals surface area contributed by atoms with Gasteiger partial charge < -0.3 is 0 Å². The Hall–Kier alpha value is -0.820. The molecule has 0 fully saturated rings. The van der Waals surface area contributed by atoms with Gasteiger partial charge in [0.2, 0.25) is 0 Å². The van der Waals surface area contributed by atoms with Crippen LogP contribution in [0.15, 0.2) is 48.5 Å². The topological polar surface area (TPSA) is 0 Å². The van der Waals surface area contributed by atoms with E-state index >= 15 is 0 Å². The summed E-state index contributed by atoms with van der Waals surface area (Å²) in [6, 6.07) is 18.5. The molecule has 0 amide bonds. The third-order valence-electron chi connectivity index (χ3n) is 3.33. The Morgan fingerprint density at radius 2 is 0.857 bits per heavy atom. The molecule has 0 bridgehead atoms. The number of hydrogen-bond donors (Lipinski definition) is 0. The van der Waals surface area contributed by atoms with Crippen LogP contribution in [0.1, 0.15) is 38.8 Å². The van der Waals surface area contributed by atoms with Crippen molar-refractivity contribution in [3.63, 3.8) is 0 Å². The van der Waals surface area contributed by atoms with Gasteiger partial charge in [0, 0.05) is 0 Å². The fourth-order valence-corrected chi connectivity index (χ4v) is 4.59. The van der Waals surface area contributed by atoms with Gasteiger partial charge in [0.25, 0.3) is 0 Å². The third-order valence-corrected chi connectivity index (χ3v) is 6.02. The van der Waals surface area contributed by atoms with Gasteiger partial charge in [-0.3, -0.25) is 0 Å². The molecule has 2 aromatic carbocycles. The fraction of sp³-hybridized carbons (Fsp3) is 0.400. The van der Waals surface area contributed by atoms with Crippen molar-refractivity contribution in [1.29, 1.82) is 0 Å². The van der Waals surface area contributed by atoms with Crippen LogP contribution in [0.3, 0.4) is 0 Å². The monoisotopic (exact) mass is 538 g/mol. The molecule has 0 aromatic heterocycles. The van der Waals surface area contributed by atoms with E-state index in [1.165, 1.54) is 31.1 Å². The fourth-order valence-electron chi connectivity index (χ4n) is 2.44. The van der Waals surface area contributed by atoms with Crippen molar-refractivity contribution in [3.8, 4) is 0 Å². The molecule has 0 aliphatic carbocycles. The summed E-state index contributed by atoms with van der Waals surface area (Å²) >= 11 is -0.0390. The number of rotatable bonds is 6. The van der Waals surface area contributed by atoms with Gasteiger partial charge in [0.1, 0.15) is 0 Å². The van der Waals surface area contributed by atoms with Crippen molar-refractivity contribution in [3.05, 3.63) is 66.8 Å². The van der Waals surface area contributed by atoms with E-state index in [9.17, 15) is 25.2 Å². The van der Waals surface area contributed by atoms with Crippen molar-refractivity contribution in [2.45, 2.75) is 40.5 Å². The van der Waals surface area contributed by atoms with Gasteiger partial charge in [-0.05, 0) is 60.1 Å². The molecule has 0 nitrogen and oxygen atoms in total. The molecule has 0 spiro atoms. The Morgan fingerprint density at radius 1 is 0.607 bits per heavy atom. The zero-order valence-electron chi connectivity index (χ0n) is 16.3. The summed E-state index contributed by atoms with van der Waals surface area (Å²) in [5, 5.41) is 0. The third kappa shape index (κ3) is 15.1. The average molecular weight is 538 g/mol. The van der Waals surface area contributed by atoms with E-state index in [4.69, 9.17) is 0 Å². The molecule has 8 heteroatoms. The maximum absolute atomic E-state index is 10.7. The van der Waals surface area contributed by atoms with Gasteiger partial charge in [-0.1, -0.05) is 52.0 Å². The second-order valence-electron chi connectivity index (χ2n) is 7.50. The van der Waals surface area contributed by atoms with E-state index in [0.717, 1.165) is 11.8 Å². The van der Waals surface area contributed by atoms with Crippen molar-refractivity contribution in [2.24, 2.45) is 11.8 Å². The molecular formula is C20H26F6IP. The predicted molar refractivity (Wildman–Crippen MR) is 101 cm³/mol. The van der Waals surface area contributed by atoms with Crippen LogP contribution in [0.5, 0.6) is 0 Å². The van der Waals surface area contributed by atoms with Crippen molar-refractivity contribution >= 4 is 7.81 Å². The maximum atomic E-state index is 9.87. The number of benzene rings is 2. The van der Waals surface area contributed by atoms with Crippen LogP contribution in [0.4, 0.5) is 25.2 Å². The summed E-state index contributed by atoms with van der Waals surface area (Å²) < 4.78 is 62.2. The van der Waals surface area contributed by atoms with Crippen LogP contribution in [0.25, 0.3) is 0 Å². The van der Waals surface area contributed by atoms with Crippen LogP contribution >= 0.6 is 7.81 Å². The number of hydrogen-bond acceptors (Lipinski definition) is 0. The van der Waals surface area contributed by atoms with Crippen molar-refractivity contribution < 1.29 is 46.4 Å². The predicted octanol–water partition coefficient (Wildman–Crippen LogP) is 5.59. The molecular weight excluding hydrogens is 512 g/mol. The van der Waals surface area contributed by atoms with Gasteiger partial charge in [-0.2, -0.15) is 0 Å². The van der Waals surface area contributed by atoms with E-state index in [1.54, 1.807) is 0 Å². The molecule has 0 saturated heterocycles. The Kier molecular flexibility index (Phi) is 8.02. The van der Waals surface area contributed by atoms with Crippen molar-refractivity contribution in [1.82, 2.24) is 0 Å². The first-order chi connectivity index (χ1) is 12.5. The summed E-state index contributed by atoms with van der Waals surface area (Å²) in [6.07, 6.45) is 2.37. The summed E-state index contributed by atoms with van der Waals surface area (Å²) in [5.41, 5.74) is 2.93. The molecule has 0 unspecified atom stereocenters. The van der Waals surface area contributed by atoms with E-state index < -0.39 is 7.81 Å². The molecule has 0 radical (unpaired) electrons. The van der Waals surface area contributed by atoms with Crippen LogP contribution < -0.4 is 21.2 Å². The van der Waals surface area contributed by atoms with Gasteiger partial charge in [-0.15, -0.1) is 0 Å². The summed E-state index contributed by atoms with van der Waals surface area (Å²) in [7, 11) is -10.7. The first kappa shape index (κ1) is 25.2. The molecule has 0 aliphatic heterocycles. The van der Waals surface area contributed by atoms with E-state index in [1.807, 2.05) is 0 Å². The molecule has 0 atom stereocenters. The zero-order chi connectivity index (χ0) is 21.7. The Labute approximate surface area is 173 Å². The Bertz CT molecular complexity index is 672. The molecule has 0 heterocycles. The van der Waals surface area contributed by atoms with Gasteiger partial charge in [0.05, 0.1) is 0 Å². The minimum absolute atomic E-state index is 0.0390. The Balaban J connectivity index is 0.000000480. The normalized spacial score (nSPS) is 14.3. The first-order valence-electron chi connectivity index (χ1n) is 8.87. The second-order valence-corrected chi connectivity index (χ2v) is 12.4. The zero-order valence-corrected chi connectivity index (χ0v) is 19.3. The molecule has 0 N–H and O–H groups in total. The van der Waals surface area contributed by atoms with Crippen LogP contribution in [-0.4, -0.2) is 0 Å². The number of halogens is 7. The molecule has 0 saturated carbocycles. The van der Waals surface area contributed by atoms with Crippen LogP contribution in [0.2, 0.25) is 0 Å². The van der Waals surface area contributed by atoms with Crippen LogP contribution in [0, 0.1) is 19.0 Å².